The van der Waals surface area contributed by atoms with Gasteiger partial charge in [-0.15, -0.1) is 10.2 Å². The molecule has 90 valence electrons. The summed E-state index contributed by atoms with van der Waals surface area (Å²) < 4.78 is 2.10. The van der Waals surface area contributed by atoms with Crippen LogP contribution < -0.4 is 0 Å². The molecule has 0 bridgehead atoms. The van der Waals surface area contributed by atoms with E-state index in [9.17, 15) is 5.11 Å². The maximum atomic E-state index is 9.26. The zero-order valence-corrected chi connectivity index (χ0v) is 9.63. The van der Waals surface area contributed by atoms with Crippen molar-refractivity contribution in [1.82, 2.24) is 14.8 Å². The highest BCUT2D eigenvalue weighted by atomic mass is 16.3. The van der Waals surface area contributed by atoms with Gasteiger partial charge in [-0.3, -0.25) is 0 Å². The van der Waals surface area contributed by atoms with E-state index in [4.69, 9.17) is 5.11 Å². The van der Waals surface area contributed by atoms with Crippen molar-refractivity contribution in [3.63, 3.8) is 0 Å². The monoisotopic (exact) mass is 225 g/mol. The minimum absolute atomic E-state index is 0.230. The molecule has 2 unspecified atom stereocenters. The number of aromatic nitrogens is 3. The van der Waals surface area contributed by atoms with Crippen molar-refractivity contribution in [3.05, 3.63) is 11.6 Å². The highest BCUT2D eigenvalue weighted by Gasteiger charge is 2.22. The third kappa shape index (κ3) is 2.41. The van der Waals surface area contributed by atoms with Crippen molar-refractivity contribution in [1.29, 1.82) is 0 Å². The number of hydrogen-bond donors (Lipinski definition) is 2. The molecule has 5 heteroatoms. The number of nitrogens with zero attached hydrogens (tertiary/aromatic N) is 3. The first kappa shape index (κ1) is 11.5. The first-order valence-electron chi connectivity index (χ1n) is 5.90. The molecule has 2 atom stereocenters. The summed E-state index contributed by atoms with van der Waals surface area (Å²) in [7, 11) is 0. The van der Waals surface area contributed by atoms with Gasteiger partial charge >= 0.3 is 0 Å². The van der Waals surface area contributed by atoms with Crippen molar-refractivity contribution in [2.24, 2.45) is 5.92 Å². The molecular formula is C11H19N3O2. The van der Waals surface area contributed by atoms with Crippen molar-refractivity contribution < 1.29 is 10.2 Å². The summed E-state index contributed by atoms with van der Waals surface area (Å²) in [4.78, 5) is 0. The number of fused-ring (bicyclic) bond motifs is 1. The van der Waals surface area contributed by atoms with E-state index in [2.05, 4.69) is 14.8 Å². The highest BCUT2D eigenvalue weighted by molar-refractivity contribution is 5.00. The molecule has 0 aromatic carbocycles. The molecule has 16 heavy (non-hydrogen) atoms. The number of rotatable bonds is 4. The topological polar surface area (TPSA) is 71.2 Å². The maximum absolute atomic E-state index is 9.26. The summed E-state index contributed by atoms with van der Waals surface area (Å²) in [6, 6.07) is 0. The molecule has 0 saturated heterocycles. The first-order chi connectivity index (χ1) is 7.70. The smallest absolute Gasteiger partial charge is 0.133 e. The van der Waals surface area contributed by atoms with E-state index < -0.39 is 0 Å². The molecule has 5 nitrogen and oxygen atoms in total. The quantitative estimate of drug-likeness (QED) is 0.765. The minimum Gasteiger partial charge on any atom is -0.396 e. The second-order valence-electron chi connectivity index (χ2n) is 4.62. The Kier molecular flexibility index (Phi) is 3.56. The summed E-state index contributed by atoms with van der Waals surface area (Å²) >= 11 is 0. The van der Waals surface area contributed by atoms with Crippen LogP contribution >= 0.6 is 0 Å². The molecule has 1 aliphatic rings. The second-order valence-corrected chi connectivity index (χ2v) is 4.62. The largest absolute Gasteiger partial charge is 0.396 e. The van der Waals surface area contributed by atoms with Crippen LogP contribution in [0.1, 0.15) is 31.4 Å². The molecule has 2 N–H and O–H groups in total. The molecule has 1 aromatic heterocycles. The zero-order valence-electron chi connectivity index (χ0n) is 9.63. The van der Waals surface area contributed by atoms with E-state index in [1.165, 1.54) is 0 Å². The average Bonchev–Trinajstić information content (AvgIpc) is 2.68. The van der Waals surface area contributed by atoms with E-state index in [0.717, 1.165) is 37.5 Å². The number of aliphatic hydroxyl groups excluding tert-OH is 2. The van der Waals surface area contributed by atoms with E-state index in [-0.39, 0.29) is 12.7 Å². The van der Waals surface area contributed by atoms with E-state index in [1.807, 2.05) is 0 Å². The third-order valence-electron chi connectivity index (χ3n) is 3.16. The van der Waals surface area contributed by atoms with Gasteiger partial charge in [0.1, 0.15) is 11.6 Å². The Balaban J connectivity index is 2.07. The lowest BCUT2D eigenvalue weighted by molar-refractivity contribution is 0.179. The van der Waals surface area contributed by atoms with Crippen LogP contribution in [-0.2, 0) is 19.4 Å². The highest BCUT2D eigenvalue weighted by Crippen LogP contribution is 2.20. The van der Waals surface area contributed by atoms with Gasteiger partial charge in [0.05, 0.1) is 6.10 Å². The fourth-order valence-electron chi connectivity index (χ4n) is 2.12. The fraction of sp³-hybridized carbons (Fsp3) is 0.818. The maximum Gasteiger partial charge on any atom is 0.133 e. The van der Waals surface area contributed by atoms with Gasteiger partial charge in [0.15, 0.2) is 0 Å². The Hall–Kier alpha value is -0.940. The summed E-state index contributed by atoms with van der Waals surface area (Å²) in [5.41, 5.74) is 0. The lowest BCUT2D eigenvalue weighted by Crippen LogP contribution is -2.24. The Morgan fingerprint density at radius 2 is 2.31 bits per heavy atom. The minimum atomic E-state index is -0.301. The van der Waals surface area contributed by atoms with Crippen LogP contribution in [0.25, 0.3) is 0 Å². The molecule has 1 aromatic rings. The van der Waals surface area contributed by atoms with Gasteiger partial charge in [0, 0.05) is 31.9 Å². The summed E-state index contributed by atoms with van der Waals surface area (Å²) in [5.74, 6) is 2.29. The van der Waals surface area contributed by atoms with Crippen LogP contribution in [0.3, 0.4) is 0 Å². The Morgan fingerprint density at radius 1 is 1.50 bits per heavy atom. The molecule has 0 radical (unpaired) electrons. The standard InChI is InChI=1S/C11H19N3O2/c1-8(16)2-4-10-12-13-11-5-3-9(7-15)6-14(10)11/h8-9,15-16H,2-7H2,1H3. The van der Waals surface area contributed by atoms with Crippen LogP contribution in [0.5, 0.6) is 0 Å². The SMILES string of the molecule is CC(O)CCc1nnc2n1CC(CO)CC2. The third-order valence-corrected chi connectivity index (χ3v) is 3.16. The van der Waals surface area contributed by atoms with Gasteiger partial charge in [0.25, 0.3) is 0 Å². The summed E-state index contributed by atoms with van der Waals surface area (Å²) in [5, 5.41) is 26.7. The summed E-state index contributed by atoms with van der Waals surface area (Å²) in [6.45, 7) is 2.82. The van der Waals surface area contributed by atoms with Crippen molar-refractivity contribution in [3.8, 4) is 0 Å². The van der Waals surface area contributed by atoms with Gasteiger partial charge < -0.3 is 14.8 Å². The van der Waals surface area contributed by atoms with Crippen LogP contribution in [0.2, 0.25) is 0 Å². The van der Waals surface area contributed by atoms with Gasteiger partial charge in [-0.2, -0.15) is 0 Å². The first-order valence-corrected chi connectivity index (χ1v) is 5.90. The van der Waals surface area contributed by atoms with E-state index >= 15 is 0 Å². The summed E-state index contributed by atoms with van der Waals surface area (Å²) in [6.07, 6.45) is 3.05. The van der Waals surface area contributed by atoms with Crippen molar-refractivity contribution in [2.75, 3.05) is 6.61 Å². The number of aryl methyl sites for hydroxylation is 2. The van der Waals surface area contributed by atoms with Gasteiger partial charge in [-0.1, -0.05) is 0 Å². The Bertz CT molecular complexity index is 349. The molecule has 0 aliphatic carbocycles. The van der Waals surface area contributed by atoms with Crippen LogP contribution in [0.4, 0.5) is 0 Å². The average molecular weight is 225 g/mol. The zero-order chi connectivity index (χ0) is 11.5. The normalized spacial score (nSPS) is 21.8. The van der Waals surface area contributed by atoms with Gasteiger partial charge in [-0.25, -0.2) is 0 Å². The predicted octanol–water partition coefficient (Wildman–Crippen LogP) is 0.146. The van der Waals surface area contributed by atoms with Gasteiger partial charge in [0.2, 0.25) is 0 Å². The molecule has 0 fully saturated rings. The molecule has 1 aliphatic heterocycles. The predicted molar refractivity (Wildman–Crippen MR) is 58.9 cm³/mol. The Morgan fingerprint density at radius 3 is 3.00 bits per heavy atom. The van der Waals surface area contributed by atoms with Gasteiger partial charge in [-0.05, 0) is 19.8 Å². The lowest BCUT2D eigenvalue weighted by atomic mass is 10.0. The molecule has 2 heterocycles. The van der Waals surface area contributed by atoms with E-state index in [1.54, 1.807) is 6.92 Å². The number of hydrogen-bond acceptors (Lipinski definition) is 4. The number of aliphatic hydroxyl groups is 2. The molecule has 2 rings (SSSR count). The van der Waals surface area contributed by atoms with Crippen molar-refractivity contribution in [2.45, 2.75) is 45.3 Å². The van der Waals surface area contributed by atoms with Crippen molar-refractivity contribution >= 4 is 0 Å². The Labute approximate surface area is 95.1 Å². The fourth-order valence-corrected chi connectivity index (χ4v) is 2.12. The molecule has 0 spiro atoms. The van der Waals surface area contributed by atoms with Crippen LogP contribution in [0.15, 0.2) is 0 Å². The second kappa shape index (κ2) is 4.93. The molecular weight excluding hydrogens is 206 g/mol. The van der Waals surface area contributed by atoms with Crippen LogP contribution in [-0.4, -0.2) is 37.7 Å². The van der Waals surface area contributed by atoms with Crippen LogP contribution in [0, 0.1) is 5.92 Å². The lowest BCUT2D eigenvalue weighted by Gasteiger charge is -2.22. The van der Waals surface area contributed by atoms with E-state index in [0.29, 0.717) is 12.3 Å². The molecule has 0 saturated carbocycles. The molecule has 0 amide bonds.